The van der Waals surface area contributed by atoms with Crippen LogP contribution in [-0.4, -0.2) is 54.1 Å². The molecule has 6 nitrogen and oxygen atoms in total. The normalized spacial score (nSPS) is 19.0. The predicted molar refractivity (Wildman–Crippen MR) is 101 cm³/mol. The summed E-state index contributed by atoms with van der Waals surface area (Å²) < 4.78 is 0. The Morgan fingerprint density at radius 2 is 2.12 bits per heavy atom. The molecule has 1 aromatic carbocycles. The molecule has 3 N–H and O–H groups in total. The van der Waals surface area contributed by atoms with Gasteiger partial charge in [-0.1, -0.05) is 30.7 Å². The van der Waals surface area contributed by atoms with Crippen LogP contribution in [0.5, 0.6) is 0 Å². The molecule has 0 spiro atoms. The van der Waals surface area contributed by atoms with Crippen molar-refractivity contribution in [3.63, 3.8) is 0 Å². The van der Waals surface area contributed by atoms with Crippen molar-refractivity contribution >= 4 is 23.5 Å². The number of carbonyl (C=O) groups is 1. The smallest absolute Gasteiger partial charge is 0.222 e. The zero-order valence-electron chi connectivity index (χ0n) is 14.8. The van der Waals surface area contributed by atoms with Crippen molar-refractivity contribution in [1.82, 2.24) is 15.5 Å². The molecule has 2 unspecified atom stereocenters. The van der Waals surface area contributed by atoms with E-state index < -0.39 is 6.10 Å². The number of halogens is 1. The minimum absolute atomic E-state index is 0.181. The maximum Gasteiger partial charge on any atom is 0.222 e. The standard InChI is InChI=1S/C18H27ClN4O2/c1-3-17(25)23-10-9-15(12-23)22-18(20-4-2)21-11-16(24)13-5-7-14(19)8-6-13/h5-8,15-16,24H,3-4,9-12H2,1-2H3,(H2,20,21,22). The van der Waals surface area contributed by atoms with Gasteiger partial charge in [0.15, 0.2) is 5.96 Å². The van der Waals surface area contributed by atoms with Crippen molar-refractivity contribution in [2.75, 3.05) is 26.2 Å². The van der Waals surface area contributed by atoms with Gasteiger partial charge in [0.05, 0.1) is 12.6 Å². The lowest BCUT2D eigenvalue weighted by Gasteiger charge is -2.19. The molecule has 1 aliphatic rings. The molecule has 1 amide bonds. The van der Waals surface area contributed by atoms with Gasteiger partial charge < -0.3 is 20.6 Å². The van der Waals surface area contributed by atoms with E-state index in [4.69, 9.17) is 11.6 Å². The Kier molecular flexibility index (Phi) is 7.52. The number of aliphatic hydroxyl groups excluding tert-OH is 1. The molecular weight excluding hydrogens is 340 g/mol. The number of guanidine groups is 1. The number of carbonyl (C=O) groups excluding carboxylic acids is 1. The molecule has 1 saturated heterocycles. The van der Waals surface area contributed by atoms with Crippen LogP contribution in [0.2, 0.25) is 5.02 Å². The van der Waals surface area contributed by atoms with E-state index in [1.54, 1.807) is 24.3 Å². The summed E-state index contributed by atoms with van der Waals surface area (Å²) in [7, 11) is 0. The molecule has 138 valence electrons. The fraction of sp³-hybridized carbons (Fsp3) is 0.556. The van der Waals surface area contributed by atoms with Crippen molar-refractivity contribution in [2.45, 2.75) is 38.8 Å². The van der Waals surface area contributed by atoms with Crippen LogP contribution in [0.1, 0.15) is 38.4 Å². The number of likely N-dealkylation sites (tertiary alicyclic amines) is 1. The van der Waals surface area contributed by atoms with Gasteiger partial charge in [-0.05, 0) is 31.0 Å². The van der Waals surface area contributed by atoms with E-state index in [9.17, 15) is 9.90 Å². The van der Waals surface area contributed by atoms with Gasteiger partial charge in [0, 0.05) is 37.1 Å². The summed E-state index contributed by atoms with van der Waals surface area (Å²) in [5.74, 6) is 0.843. The van der Waals surface area contributed by atoms with Crippen LogP contribution in [0.4, 0.5) is 0 Å². The van der Waals surface area contributed by atoms with E-state index in [0.29, 0.717) is 23.9 Å². The molecule has 1 heterocycles. The highest BCUT2D eigenvalue weighted by Crippen LogP contribution is 2.16. The highest BCUT2D eigenvalue weighted by atomic mass is 35.5. The Hall–Kier alpha value is -1.79. The van der Waals surface area contributed by atoms with Crippen LogP contribution in [0.25, 0.3) is 0 Å². The third-order valence-electron chi connectivity index (χ3n) is 4.21. The van der Waals surface area contributed by atoms with Gasteiger partial charge in [0.1, 0.15) is 0 Å². The Labute approximate surface area is 154 Å². The number of nitrogens with one attached hydrogen (secondary N) is 2. The van der Waals surface area contributed by atoms with E-state index in [2.05, 4.69) is 15.6 Å². The van der Waals surface area contributed by atoms with Gasteiger partial charge in [0.25, 0.3) is 0 Å². The van der Waals surface area contributed by atoms with E-state index in [-0.39, 0.29) is 18.5 Å². The first-order valence-corrected chi connectivity index (χ1v) is 9.17. The second kappa shape index (κ2) is 9.63. The van der Waals surface area contributed by atoms with Gasteiger partial charge in [0.2, 0.25) is 5.91 Å². The molecule has 0 aromatic heterocycles. The molecule has 0 aliphatic carbocycles. The number of hydrogen-bond donors (Lipinski definition) is 3. The van der Waals surface area contributed by atoms with Crippen molar-refractivity contribution in [3.05, 3.63) is 34.9 Å². The highest BCUT2D eigenvalue weighted by Gasteiger charge is 2.25. The summed E-state index contributed by atoms with van der Waals surface area (Å²) in [4.78, 5) is 18.1. The number of rotatable bonds is 6. The average molecular weight is 367 g/mol. The molecule has 2 rings (SSSR count). The number of nitrogens with zero attached hydrogens (tertiary/aromatic N) is 2. The summed E-state index contributed by atoms with van der Waals surface area (Å²) in [6.45, 7) is 6.32. The largest absolute Gasteiger partial charge is 0.386 e. The molecular formula is C18H27ClN4O2. The Bertz CT molecular complexity index is 591. The maximum absolute atomic E-state index is 11.8. The number of aliphatic imine (C=N–C) groups is 1. The SMILES string of the molecule is CCNC(=NCC(O)c1ccc(Cl)cc1)NC1CCN(C(=O)CC)C1. The van der Waals surface area contributed by atoms with Crippen molar-refractivity contribution in [1.29, 1.82) is 0 Å². The van der Waals surface area contributed by atoms with Crippen LogP contribution in [0.3, 0.4) is 0 Å². The van der Waals surface area contributed by atoms with Crippen LogP contribution >= 0.6 is 11.6 Å². The molecule has 7 heteroatoms. The van der Waals surface area contributed by atoms with Crippen LogP contribution in [-0.2, 0) is 4.79 Å². The molecule has 0 radical (unpaired) electrons. The lowest BCUT2D eigenvalue weighted by molar-refractivity contribution is -0.129. The molecule has 25 heavy (non-hydrogen) atoms. The highest BCUT2D eigenvalue weighted by molar-refractivity contribution is 6.30. The number of aliphatic hydroxyl groups is 1. The second-order valence-electron chi connectivity index (χ2n) is 6.11. The molecule has 1 fully saturated rings. The van der Waals surface area contributed by atoms with E-state index >= 15 is 0 Å². The quantitative estimate of drug-likeness (QED) is 0.531. The molecule has 1 aromatic rings. The number of amides is 1. The summed E-state index contributed by atoms with van der Waals surface area (Å²) in [6, 6.07) is 7.29. The first kappa shape index (κ1) is 19.5. The molecule has 1 aliphatic heterocycles. The summed E-state index contributed by atoms with van der Waals surface area (Å²) >= 11 is 5.87. The maximum atomic E-state index is 11.8. The minimum Gasteiger partial charge on any atom is -0.386 e. The van der Waals surface area contributed by atoms with Crippen LogP contribution in [0, 0.1) is 0 Å². The van der Waals surface area contributed by atoms with Gasteiger partial charge in [-0.3, -0.25) is 9.79 Å². The zero-order chi connectivity index (χ0) is 18.2. The first-order valence-electron chi connectivity index (χ1n) is 8.79. The average Bonchev–Trinajstić information content (AvgIpc) is 3.08. The minimum atomic E-state index is -0.686. The van der Waals surface area contributed by atoms with Crippen LogP contribution < -0.4 is 10.6 Å². The monoisotopic (exact) mass is 366 g/mol. The van der Waals surface area contributed by atoms with E-state index in [1.807, 2.05) is 18.7 Å². The number of hydrogen-bond acceptors (Lipinski definition) is 3. The van der Waals surface area contributed by atoms with Gasteiger partial charge in [-0.2, -0.15) is 0 Å². The lowest BCUT2D eigenvalue weighted by Crippen LogP contribution is -2.45. The Morgan fingerprint density at radius 3 is 2.76 bits per heavy atom. The number of benzene rings is 1. The zero-order valence-corrected chi connectivity index (χ0v) is 15.6. The Balaban J connectivity index is 1.92. The summed E-state index contributed by atoms with van der Waals surface area (Å²) in [6.07, 6.45) is 0.749. The molecule has 0 saturated carbocycles. The molecule has 0 bridgehead atoms. The second-order valence-corrected chi connectivity index (χ2v) is 6.55. The summed E-state index contributed by atoms with van der Waals surface area (Å²) in [5, 5.41) is 17.5. The fourth-order valence-electron chi connectivity index (χ4n) is 2.81. The third-order valence-corrected chi connectivity index (χ3v) is 4.46. The van der Waals surface area contributed by atoms with Gasteiger partial charge in [-0.25, -0.2) is 0 Å². The van der Waals surface area contributed by atoms with Gasteiger partial charge >= 0.3 is 0 Å². The lowest BCUT2D eigenvalue weighted by atomic mass is 10.1. The van der Waals surface area contributed by atoms with Gasteiger partial charge in [-0.15, -0.1) is 0 Å². The van der Waals surface area contributed by atoms with Crippen LogP contribution in [0.15, 0.2) is 29.3 Å². The summed E-state index contributed by atoms with van der Waals surface area (Å²) in [5.41, 5.74) is 0.782. The van der Waals surface area contributed by atoms with Crippen molar-refractivity contribution in [3.8, 4) is 0 Å². The van der Waals surface area contributed by atoms with Crippen molar-refractivity contribution < 1.29 is 9.90 Å². The topological polar surface area (TPSA) is 77.0 Å². The first-order chi connectivity index (χ1) is 12.0. The predicted octanol–water partition coefficient (Wildman–Crippen LogP) is 1.94. The Morgan fingerprint density at radius 1 is 1.40 bits per heavy atom. The third kappa shape index (κ3) is 5.90. The fourth-order valence-corrected chi connectivity index (χ4v) is 2.94. The van der Waals surface area contributed by atoms with Crippen molar-refractivity contribution in [2.24, 2.45) is 4.99 Å². The van der Waals surface area contributed by atoms with E-state index in [0.717, 1.165) is 25.1 Å². The molecule has 2 atom stereocenters. The van der Waals surface area contributed by atoms with E-state index in [1.165, 1.54) is 0 Å².